The number of carbonyl (C=O) groups excluding carboxylic acids is 2. The molecule has 5 heteroatoms. The van der Waals surface area contributed by atoms with Crippen LogP contribution in [0, 0.1) is 17.2 Å². The van der Waals surface area contributed by atoms with Gasteiger partial charge in [0.2, 0.25) is 0 Å². The van der Waals surface area contributed by atoms with Gasteiger partial charge in [0.15, 0.2) is 5.92 Å². The Bertz CT molecular complexity index is 285. The Morgan fingerprint density at radius 3 is 2.27 bits per heavy atom. The molecule has 0 fully saturated rings. The van der Waals surface area contributed by atoms with Crippen molar-refractivity contribution < 1.29 is 19.1 Å². The molecule has 1 unspecified atom stereocenters. The van der Waals surface area contributed by atoms with Crippen molar-refractivity contribution >= 4 is 11.9 Å². The molecule has 0 aliphatic heterocycles. The zero-order valence-electron chi connectivity index (χ0n) is 9.36. The summed E-state index contributed by atoms with van der Waals surface area (Å²) in [5.74, 6) is -2.40. The molecule has 0 aromatic rings. The molecule has 15 heavy (non-hydrogen) atoms. The van der Waals surface area contributed by atoms with Gasteiger partial charge in [0.1, 0.15) is 5.60 Å². The summed E-state index contributed by atoms with van der Waals surface area (Å²) in [4.78, 5) is 22.3. The van der Waals surface area contributed by atoms with Gasteiger partial charge >= 0.3 is 11.9 Å². The summed E-state index contributed by atoms with van der Waals surface area (Å²) >= 11 is 0. The second-order valence-electron chi connectivity index (χ2n) is 4.00. The monoisotopic (exact) mass is 213 g/mol. The van der Waals surface area contributed by atoms with Crippen molar-refractivity contribution in [1.29, 1.82) is 5.26 Å². The topological polar surface area (TPSA) is 76.4 Å². The van der Waals surface area contributed by atoms with E-state index in [0.717, 1.165) is 0 Å². The third-order valence-electron chi connectivity index (χ3n) is 1.45. The van der Waals surface area contributed by atoms with Crippen LogP contribution in [0.3, 0.4) is 0 Å². The Labute approximate surface area is 89.0 Å². The van der Waals surface area contributed by atoms with Crippen LogP contribution in [0.5, 0.6) is 0 Å². The van der Waals surface area contributed by atoms with Gasteiger partial charge in [0.25, 0.3) is 0 Å². The number of esters is 2. The van der Waals surface area contributed by atoms with Crippen LogP contribution in [-0.4, -0.2) is 24.6 Å². The third kappa shape index (κ3) is 5.68. The molecule has 0 saturated heterocycles. The van der Waals surface area contributed by atoms with E-state index in [0.29, 0.717) is 0 Å². The van der Waals surface area contributed by atoms with E-state index in [-0.39, 0.29) is 6.42 Å². The molecule has 0 heterocycles. The maximum Gasteiger partial charge on any atom is 0.324 e. The SMILES string of the molecule is COC(=O)CC(C#N)C(=O)OC(C)(C)C. The average molecular weight is 213 g/mol. The highest BCUT2D eigenvalue weighted by Crippen LogP contribution is 2.13. The number of carbonyl (C=O) groups is 2. The summed E-state index contributed by atoms with van der Waals surface area (Å²) in [7, 11) is 1.20. The van der Waals surface area contributed by atoms with Crippen LogP contribution >= 0.6 is 0 Å². The van der Waals surface area contributed by atoms with Gasteiger partial charge in [0, 0.05) is 0 Å². The van der Waals surface area contributed by atoms with Crippen molar-refractivity contribution in [2.75, 3.05) is 7.11 Å². The molecular formula is C10H15NO4. The van der Waals surface area contributed by atoms with Crippen LogP contribution in [0.15, 0.2) is 0 Å². The first-order valence-corrected chi connectivity index (χ1v) is 4.49. The van der Waals surface area contributed by atoms with Gasteiger partial charge in [-0.1, -0.05) is 0 Å². The molecule has 0 rings (SSSR count). The lowest BCUT2D eigenvalue weighted by molar-refractivity contribution is -0.161. The van der Waals surface area contributed by atoms with E-state index >= 15 is 0 Å². The molecule has 1 atom stereocenters. The van der Waals surface area contributed by atoms with Crippen LogP contribution in [0.2, 0.25) is 0 Å². The molecular weight excluding hydrogens is 198 g/mol. The zero-order chi connectivity index (χ0) is 12.1. The Morgan fingerprint density at radius 2 is 1.93 bits per heavy atom. The summed E-state index contributed by atoms with van der Waals surface area (Å²) in [6.07, 6.45) is -0.276. The largest absolute Gasteiger partial charge is 0.469 e. The minimum atomic E-state index is -1.10. The summed E-state index contributed by atoms with van der Waals surface area (Å²) < 4.78 is 9.33. The molecule has 0 aromatic carbocycles. The van der Waals surface area contributed by atoms with E-state index in [1.165, 1.54) is 7.11 Å². The number of rotatable bonds is 3. The number of ether oxygens (including phenoxy) is 2. The molecule has 0 N–H and O–H groups in total. The van der Waals surface area contributed by atoms with Crippen molar-refractivity contribution in [3.63, 3.8) is 0 Å². The maximum atomic E-state index is 11.4. The van der Waals surface area contributed by atoms with Crippen LogP contribution in [0.4, 0.5) is 0 Å². The molecule has 0 radical (unpaired) electrons. The third-order valence-corrected chi connectivity index (χ3v) is 1.45. The number of methoxy groups -OCH3 is 1. The van der Waals surface area contributed by atoms with Crippen molar-refractivity contribution in [2.45, 2.75) is 32.8 Å². The van der Waals surface area contributed by atoms with E-state index in [1.807, 2.05) is 0 Å². The Balaban J connectivity index is 4.38. The Morgan fingerprint density at radius 1 is 1.40 bits per heavy atom. The van der Waals surface area contributed by atoms with Gasteiger partial charge in [0.05, 0.1) is 19.6 Å². The van der Waals surface area contributed by atoms with Crippen LogP contribution in [-0.2, 0) is 19.1 Å². The smallest absolute Gasteiger partial charge is 0.324 e. The first-order valence-electron chi connectivity index (χ1n) is 4.49. The second-order valence-corrected chi connectivity index (χ2v) is 4.00. The Kier molecular flexibility index (Phi) is 4.79. The molecule has 0 aliphatic carbocycles. The number of nitrogens with zero attached hydrogens (tertiary/aromatic N) is 1. The zero-order valence-corrected chi connectivity index (χ0v) is 9.36. The van der Waals surface area contributed by atoms with Crippen molar-refractivity contribution in [2.24, 2.45) is 5.92 Å². The second kappa shape index (κ2) is 5.35. The normalized spacial score (nSPS) is 12.5. The molecule has 0 aromatic heterocycles. The van der Waals surface area contributed by atoms with Crippen LogP contribution < -0.4 is 0 Å². The fraction of sp³-hybridized carbons (Fsp3) is 0.700. The standard InChI is InChI=1S/C10H15NO4/c1-10(2,3)15-9(13)7(6-11)5-8(12)14-4/h7H,5H2,1-4H3. The summed E-state index contributed by atoms with van der Waals surface area (Å²) in [6.45, 7) is 5.08. The van der Waals surface area contributed by atoms with E-state index in [2.05, 4.69) is 4.74 Å². The predicted molar refractivity (Wildman–Crippen MR) is 51.6 cm³/mol. The van der Waals surface area contributed by atoms with Gasteiger partial charge in [-0.15, -0.1) is 0 Å². The lowest BCUT2D eigenvalue weighted by atomic mass is 10.1. The average Bonchev–Trinajstić information content (AvgIpc) is 2.10. The van der Waals surface area contributed by atoms with E-state index in [4.69, 9.17) is 10.00 Å². The number of nitriles is 1. The van der Waals surface area contributed by atoms with E-state index < -0.39 is 23.5 Å². The molecule has 0 saturated carbocycles. The Hall–Kier alpha value is -1.57. The van der Waals surface area contributed by atoms with Gasteiger partial charge in [-0.3, -0.25) is 9.59 Å². The van der Waals surface area contributed by atoms with Crippen molar-refractivity contribution in [3.05, 3.63) is 0 Å². The van der Waals surface area contributed by atoms with Crippen LogP contribution in [0.1, 0.15) is 27.2 Å². The maximum absolute atomic E-state index is 11.4. The molecule has 0 aliphatic rings. The predicted octanol–water partition coefficient (Wildman–Crippen LogP) is 1.03. The fourth-order valence-corrected chi connectivity index (χ4v) is 0.805. The highest BCUT2D eigenvalue weighted by Gasteiger charge is 2.27. The van der Waals surface area contributed by atoms with Gasteiger partial charge in [-0.25, -0.2) is 0 Å². The number of hydrogen-bond acceptors (Lipinski definition) is 5. The summed E-state index contributed by atoms with van der Waals surface area (Å²) in [5, 5.41) is 8.68. The highest BCUT2D eigenvalue weighted by atomic mass is 16.6. The highest BCUT2D eigenvalue weighted by molar-refractivity contribution is 5.82. The molecule has 84 valence electrons. The quantitative estimate of drug-likeness (QED) is 0.654. The van der Waals surface area contributed by atoms with Crippen molar-refractivity contribution in [1.82, 2.24) is 0 Å². The molecule has 0 spiro atoms. The van der Waals surface area contributed by atoms with Gasteiger partial charge in [-0.05, 0) is 20.8 Å². The van der Waals surface area contributed by atoms with Gasteiger partial charge in [-0.2, -0.15) is 5.26 Å². The summed E-state index contributed by atoms with van der Waals surface area (Å²) in [6, 6.07) is 1.71. The molecule has 0 amide bonds. The fourth-order valence-electron chi connectivity index (χ4n) is 0.805. The lowest BCUT2D eigenvalue weighted by Gasteiger charge is -2.20. The van der Waals surface area contributed by atoms with E-state index in [1.54, 1.807) is 26.8 Å². The summed E-state index contributed by atoms with van der Waals surface area (Å²) in [5.41, 5.74) is -0.664. The minimum Gasteiger partial charge on any atom is -0.469 e. The lowest BCUT2D eigenvalue weighted by Crippen LogP contribution is -2.29. The number of hydrogen-bond donors (Lipinski definition) is 0. The van der Waals surface area contributed by atoms with E-state index in [9.17, 15) is 9.59 Å². The van der Waals surface area contributed by atoms with Crippen molar-refractivity contribution in [3.8, 4) is 6.07 Å². The first-order chi connectivity index (χ1) is 6.80. The molecule has 5 nitrogen and oxygen atoms in total. The minimum absolute atomic E-state index is 0.276. The first kappa shape index (κ1) is 13.4. The molecule has 0 bridgehead atoms. The van der Waals surface area contributed by atoms with Crippen LogP contribution in [0.25, 0.3) is 0 Å². The van der Waals surface area contributed by atoms with Gasteiger partial charge < -0.3 is 9.47 Å².